The fraction of sp³-hybridized carbons (Fsp3) is 0.450. The van der Waals surface area contributed by atoms with Gasteiger partial charge in [-0.3, -0.25) is 19.3 Å². The van der Waals surface area contributed by atoms with E-state index in [1.807, 2.05) is 6.92 Å². The molecule has 0 radical (unpaired) electrons. The Morgan fingerprint density at radius 2 is 1.90 bits per heavy atom. The van der Waals surface area contributed by atoms with Crippen molar-refractivity contribution < 1.29 is 29.1 Å². The van der Waals surface area contributed by atoms with Gasteiger partial charge >= 0.3 is 12.0 Å². The van der Waals surface area contributed by atoms with Crippen LogP contribution < -0.4 is 26.6 Å². The molecule has 11 heteroatoms. The normalized spacial score (nSPS) is 15.7. The molecule has 1 aromatic carbocycles. The molecule has 11 nitrogen and oxygen atoms in total. The summed E-state index contributed by atoms with van der Waals surface area (Å²) in [6.45, 7) is 3.33. The third-order valence-corrected chi connectivity index (χ3v) is 5.08. The van der Waals surface area contributed by atoms with Crippen molar-refractivity contribution >= 4 is 41.1 Å². The van der Waals surface area contributed by atoms with Gasteiger partial charge in [0.25, 0.3) is 0 Å². The van der Waals surface area contributed by atoms with Gasteiger partial charge in [-0.05, 0) is 24.5 Å². The van der Waals surface area contributed by atoms with E-state index in [4.69, 9.17) is 5.73 Å². The standard InChI is InChI=1S/C20H27N5O6/c1-3-11(2)17(18(28)23-13(19(29)30)8-9-15(21)26)24-20(31)25-10-16(27)22-12-6-4-5-7-14(12)25/h4-7,11,13,17H,3,8-10H2,1-2H3,(H2,21,26)(H,22,27)(H,23,28)(H,24,31)(H,29,30)/t11?,13-,17-/m0/s1. The van der Waals surface area contributed by atoms with Crippen molar-refractivity contribution in [3.63, 3.8) is 0 Å². The number of anilines is 2. The number of aliphatic carboxylic acids is 1. The molecule has 0 aromatic heterocycles. The Kier molecular flexibility index (Phi) is 7.94. The van der Waals surface area contributed by atoms with Crippen molar-refractivity contribution in [2.24, 2.45) is 11.7 Å². The first kappa shape index (κ1) is 23.6. The molecule has 0 aliphatic carbocycles. The second-order valence-electron chi connectivity index (χ2n) is 7.37. The predicted octanol–water partition coefficient (Wildman–Crippen LogP) is 0.404. The van der Waals surface area contributed by atoms with Crippen LogP contribution in [0.15, 0.2) is 24.3 Å². The van der Waals surface area contributed by atoms with E-state index in [1.54, 1.807) is 31.2 Å². The van der Waals surface area contributed by atoms with Crippen LogP contribution in [0, 0.1) is 5.92 Å². The maximum atomic E-state index is 13.0. The average Bonchev–Trinajstić information content (AvgIpc) is 2.72. The zero-order valence-electron chi connectivity index (χ0n) is 17.4. The fourth-order valence-electron chi connectivity index (χ4n) is 3.13. The molecule has 1 aliphatic heterocycles. The number of carbonyl (C=O) groups excluding carboxylic acids is 4. The summed E-state index contributed by atoms with van der Waals surface area (Å²) in [4.78, 5) is 61.4. The quantitative estimate of drug-likeness (QED) is 0.377. The van der Waals surface area contributed by atoms with Gasteiger partial charge in [-0.2, -0.15) is 0 Å². The van der Waals surface area contributed by atoms with Crippen LogP contribution in [0.5, 0.6) is 0 Å². The molecule has 1 aliphatic rings. The minimum atomic E-state index is -1.33. The number of benzene rings is 1. The van der Waals surface area contributed by atoms with Crippen LogP contribution in [-0.2, 0) is 19.2 Å². The monoisotopic (exact) mass is 433 g/mol. The lowest BCUT2D eigenvalue weighted by atomic mass is 9.97. The van der Waals surface area contributed by atoms with E-state index in [2.05, 4.69) is 16.0 Å². The van der Waals surface area contributed by atoms with Crippen LogP contribution in [0.2, 0.25) is 0 Å². The number of nitrogens with zero attached hydrogens (tertiary/aromatic N) is 1. The Morgan fingerprint density at radius 3 is 2.52 bits per heavy atom. The van der Waals surface area contributed by atoms with Crippen molar-refractivity contribution in [3.05, 3.63) is 24.3 Å². The topological polar surface area (TPSA) is 171 Å². The molecule has 2 rings (SSSR count). The highest BCUT2D eigenvalue weighted by atomic mass is 16.4. The number of nitrogens with two attached hydrogens (primary N) is 1. The van der Waals surface area contributed by atoms with Crippen LogP contribution in [0.3, 0.4) is 0 Å². The van der Waals surface area contributed by atoms with Gasteiger partial charge in [-0.1, -0.05) is 32.4 Å². The minimum absolute atomic E-state index is 0.169. The van der Waals surface area contributed by atoms with Gasteiger partial charge in [-0.15, -0.1) is 0 Å². The Balaban J connectivity index is 2.18. The molecular weight excluding hydrogens is 406 g/mol. The molecule has 0 fully saturated rings. The average molecular weight is 433 g/mol. The Bertz CT molecular complexity index is 873. The van der Waals surface area contributed by atoms with E-state index in [-0.39, 0.29) is 31.2 Å². The molecule has 31 heavy (non-hydrogen) atoms. The second-order valence-corrected chi connectivity index (χ2v) is 7.37. The SMILES string of the molecule is CCC(C)[C@H](NC(=O)N1CC(=O)Nc2ccccc21)C(=O)N[C@@H](CCC(N)=O)C(=O)O. The summed E-state index contributed by atoms with van der Waals surface area (Å²) in [7, 11) is 0. The zero-order valence-corrected chi connectivity index (χ0v) is 17.4. The van der Waals surface area contributed by atoms with Crippen molar-refractivity contribution in [3.8, 4) is 0 Å². The Morgan fingerprint density at radius 1 is 1.23 bits per heavy atom. The van der Waals surface area contributed by atoms with Gasteiger partial charge in [0.15, 0.2) is 0 Å². The lowest BCUT2D eigenvalue weighted by Gasteiger charge is -2.32. The summed E-state index contributed by atoms with van der Waals surface area (Å²) in [6, 6.07) is 3.71. The Labute approximate surface area is 179 Å². The first-order valence-electron chi connectivity index (χ1n) is 9.92. The number of urea groups is 1. The van der Waals surface area contributed by atoms with Crippen LogP contribution >= 0.6 is 0 Å². The van der Waals surface area contributed by atoms with Gasteiger partial charge in [0.1, 0.15) is 18.6 Å². The molecule has 0 spiro atoms. The van der Waals surface area contributed by atoms with E-state index in [1.165, 1.54) is 4.90 Å². The van der Waals surface area contributed by atoms with Crippen molar-refractivity contribution in [1.29, 1.82) is 0 Å². The molecule has 3 atom stereocenters. The summed E-state index contributed by atoms with van der Waals surface area (Å²) in [5.74, 6) is -3.41. The first-order valence-corrected chi connectivity index (χ1v) is 9.92. The highest BCUT2D eigenvalue weighted by Gasteiger charge is 2.33. The van der Waals surface area contributed by atoms with Gasteiger partial charge < -0.3 is 26.8 Å². The van der Waals surface area contributed by atoms with E-state index in [9.17, 15) is 29.1 Å². The summed E-state index contributed by atoms with van der Waals surface area (Å²) in [6.07, 6.45) is 0.142. The number of nitrogens with one attached hydrogen (secondary N) is 3. The van der Waals surface area contributed by atoms with E-state index in [0.717, 1.165) is 0 Å². The van der Waals surface area contributed by atoms with Gasteiger partial charge in [0.05, 0.1) is 11.4 Å². The summed E-state index contributed by atoms with van der Waals surface area (Å²) >= 11 is 0. The third kappa shape index (κ3) is 6.17. The molecule has 0 bridgehead atoms. The molecular formula is C20H27N5O6. The van der Waals surface area contributed by atoms with E-state index >= 15 is 0 Å². The van der Waals surface area contributed by atoms with Crippen LogP contribution in [0.4, 0.5) is 16.2 Å². The molecule has 0 saturated heterocycles. The number of amides is 5. The summed E-state index contributed by atoms with van der Waals surface area (Å²) < 4.78 is 0. The smallest absolute Gasteiger partial charge is 0.326 e. The van der Waals surface area contributed by atoms with Gasteiger partial charge in [0, 0.05) is 6.42 Å². The Hall–Kier alpha value is -3.63. The fourth-order valence-corrected chi connectivity index (χ4v) is 3.13. The van der Waals surface area contributed by atoms with Gasteiger partial charge in [-0.25, -0.2) is 9.59 Å². The second kappa shape index (κ2) is 10.4. The number of carboxylic acid groups (broad SMARTS) is 1. The number of hydrogen-bond donors (Lipinski definition) is 5. The molecule has 1 heterocycles. The molecule has 1 unspecified atom stereocenters. The molecule has 0 saturated carbocycles. The number of fused-ring (bicyclic) bond motifs is 1. The number of para-hydroxylation sites is 2. The maximum Gasteiger partial charge on any atom is 0.326 e. The lowest BCUT2D eigenvalue weighted by molar-refractivity contribution is -0.142. The number of primary amides is 1. The first-order chi connectivity index (χ1) is 14.6. The van der Waals surface area contributed by atoms with Crippen LogP contribution in [0.25, 0.3) is 0 Å². The summed E-state index contributed by atoms with van der Waals surface area (Å²) in [5, 5.41) is 17.0. The highest BCUT2D eigenvalue weighted by molar-refractivity contribution is 6.10. The van der Waals surface area contributed by atoms with E-state index in [0.29, 0.717) is 17.8 Å². The molecule has 6 N–H and O–H groups in total. The number of carboxylic acids is 1. The number of hydrogen-bond acceptors (Lipinski definition) is 5. The predicted molar refractivity (Wildman–Crippen MR) is 112 cm³/mol. The van der Waals surface area contributed by atoms with Crippen molar-refractivity contribution in [2.75, 3.05) is 16.8 Å². The lowest BCUT2D eigenvalue weighted by Crippen LogP contribution is -2.57. The van der Waals surface area contributed by atoms with Crippen molar-refractivity contribution in [1.82, 2.24) is 10.6 Å². The summed E-state index contributed by atoms with van der Waals surface area (Å²) in [5.41, 5.74) is 6.01. The van der Waals surface area contributed by atoms with Crippen LogP contribution in [0.1, 0.15) is 33.1 Å². The number of carbonyl (C=O) groups is 5. The molecule has 1 aromatic rings. The highest BCUT2D eigenvalue weighted by Crippen LogP contribution is 2.29. The maximum absolute atomic E-state index is 13.0. The van der Waals surface area contributed by atoms with Crippen LogP contribution in [-0.4, -0.2) is 53.5 Å². The van der Waals surface area contributed by atoms with E-state index < -0.39 is 35.9 Å². The number of rotatable bonds is 9. The minimum Gasteiger partial charge on any atom is -0.480 e. The molecule has 168 valence electrons. The molecule has 5 amide bonds. The largest absolute Gasteiger partial charge is 0.480 e. The van der Waals surface area contributed by atoms with Crippen molar-refractivity contribution in [2.45, 2.75) is 45.2 Å². The zero-order chi connectivity index (χ0) is 23.1. The van der Waals surface area contributed by atoms with Gasteiger partial charge in [0.2, 0.25) is 17.7 Å². The third-order valence-electron chi connectivity index (χ3n) is 5.08.